The zero-order valence-electron chi connectivity index (χ0n) is 31.4. The smallest absolute Gasteiger partial charge is 0.0774 e. The molecule has 251 valence electrons. The molecule has 0 atom stereocenters. The molecular formula is C45H39IrN3O-2. The molecule has 0 bridgehead atoms. The summed E-state index contributed by atoms with van der Waals surface area (Å²) in [7, 11) is 0. The third-order valence-corrected chi connectivity index (χ3v) is 8.72. The third kappa shape index (κ3) is 6.98. The molecule has 0 spiro atoms. The normalized spacial score (nSPS) is 12.2. The van der Waals surface area contributed by atoms with Crippen molar-refractivity contribution in [3.63, 3.8) is 0 Å². The minimum absolute atomic E-state index is 0. The van der Waals surface area contributed by atoms with Gasteiger partial charge in [0.2, 0.25) is 0 Å². The Labute approximate surface area is 312 Å². The van der Waals surface area contributed by atoms with Gasteiger partial charge >= 0.3 is 0 Å². The summed E-state index contributed by atoms with van der Waals surface area (Å²) in [5, 5.41) is 1.01. The van der Waals surface area contributed by atoms with Crippen LogP contribution in [0.3, 0.4) is 0 Å². The van der Waals surface area contributed by atoms with Crippen molar-refractivity contribution in [2.45, 2.75) is 46.4 Å². The maximum Gasteiger partial charge on any atom is 0.0774 e. The van der Waals surface area contributed by atoms with E-state index in [1.54, 1.807) is 18.2 Å². The maximum atomic E-state index is 7.23. The molecule has 1 radical (unpaired) electrons. The van der Waals surface area contributed by atoms with E-state index >= 15 is 0 Å². The van der Waals surface area contributed by atoms with Crippen molar-refractivity contribution < 1.29 is 28.6 Å². The molecule has 0 N–H and O–H groups in total. The second-order valence-corrected chi connectivity index (χ2v) is 12.7. The third-order valence-electron chi connectivity index (χ3n) is 8.72. The van der Waals surface area contributed by atoms with Gasteiger partial charge in [-0.25, -0.2) is 0 Å². The van der Waals surface area contributed by atoms with Gasteiger partial charge in [-0.2, -0.15) is 0 Å². The Morgan fingerprint density at radius 2 is 1.48 bits per heavy atom. The SMILES string of the molecule is CC(C)c1cccc(C(C)C)c1-n1c(-c2[c-]oc3ccc(-c4ccccc4)cc23)nc2ccccc21.[2H]C([2H])([2H])c1ccc(-c2[c-]cccc2)nc1.[Ir]. The van der Waals surface area contributed by atoms with Gasteiger partial charge in [0.15, 0.2) is 0 Å². The molecule has 8 rings (SSSR count). The summed E-state index contributed by atoms with van der Waals surface area (Å²) >= 11 is 0. The number of nitrogens with zero attached hydrogens (tertiary/aromatic N) is 3. The quantitative estimate of drug-likeness (QED) is 0.157. The fourth-order valence-electron chi connectivity index (χ4n) is 6.25. The first-order chi connectivity index (χ1) is 25.1. The molecule has 0 fully saturated rings. The number of rotatable bonds is 6. The molecule has 0 unspecified atom stereocenters. The molecule has 0 aliphatic heterocycles. The number of para-hydroxylation sites is 3. The fourth-order valence-corrected chi connectivity index (χ4v) is 6.25. The Balaban J connectivity index is 0.000000238. The maximum absolute atomic E-state index is 7.23. The van der Waals surface area contributed by atoms with Gasteiger partial charge in [0.25, 0.3) is 0 Å². The molecule has 5 aromatic carbocycles. The van der Waals surface area contributed by atoms with E-state index in [-0.39, 0.29) is 25.7 Å². The van der Waals surface area contributed by atoms with Crippen molar-refractivity contribution in [1.29, 1.82) is 0 Å². The summed E-state index contributed by atoms with van der Waals surface area (Å²) in [6.07, 6.45) is 4.61. The van der Waals surface area contributed by atoms with E-state index in [2.05, 4.69) is 122 Å². The Morgan fingerprint density at radius 3 is 2.16 bits per heavy atom. The number of fused-ring (bicyclic) bond motifs is 2. The molecule has 3 aromatic heterocycles. The van der Waals surface area contributed by atoms with Gasteiger partial charge < -0.3 is 14.0 Å². The van der Waals surface area contributed by atoms with Crippen molar-refractivity contribution in [3.05, 3.63) is 163 Å². The zero-order chi connectivity index (χ0) is 36.4. The molecule has 4 nitrogen and oxygen atoms in total. The topological polar surface area (TPSA) is 43.9 Å². The Hall–Kier alpha value is -5.09. The van der Waals surface area contributed by atoms with Crippen molar-refractivity contribution in [1.82, 2.24) is 14.5 Å². The van der Waals surface area contributed by atoms with Crippen LogP contribution in [0.4, 0.5) is 0 Å². The monoisotopic (exact) mass is 833 g/mol. The van der Waals surface area contributed by atoms with Crippen molar-refractivity contribution in [2.24, 2.45) is 0 Å². The van der Waals surface area contributed by atoms with E-state index < -0.39 is 6.85 Å². The Kier molecular flexibility index (Phi) is 9.41. The second kappa shape index (κ2) is 15.2. The molecule has 0 aliphatic rings. The van der Waals surface area contributed by atoms with Gasteiger partial charge in [0.05, 0.1) is 16.9 Å². The van der Waals surface area contributed by atoms with Crippen LogP contribution in [0.2, 0.25) is 0 Å². The number of pyridine rings is 1. The number of hydrogen-bond donors (Lipinski definition) is 0. The van der Waals surface area contributed by atoms with E-state index in [1.807, 2.05) is 36.4 Å². The predicted molar refractivity (Wildman–Crippen MR) is 202 cm³/mol. The number of aryl methyl sites for hydroxylation is 1. The molecule has 8 aromatic rings. The van der Waals surface area contributed by atoms with E-state index in [9.17, 15) is 0 Å². The standard InChI is InChI=1S/C33H29N2O.C12H10N.Ir/c1-21(2)25-13-10-14-26(22(3)4)32(25)35-30-16-9-8-15-29(30)34-33(35)28-20-36-31-18-17-24(19-27(28)31)23-11-6-5-7-12-23;1-10-7-8-12(13-9-10)11-5-3-2-4-6-11;/h5-19,21-22H,1-4H3;2-5,7-9H,1H3;/q2*-1;/i;1D3;. The van der Waals surface area contributed by atoms with Crippen LogP contribution in [0.5, 0.6) is 0 Å². The van der Waals surface area contributed by atoms with Crippen LogP contribution in [0.25, 0.3) is 61.5 Å². The molecule has 3 heterocycles. The van der Waals surface area contributed by atoms with Gasteiger partial charge in [0.1, 0.15) is 0 Å². The molecule has 50 heavy (non-hydrogen) atoms. The van der Waals surface area contributed by atoms with E-state index in [0.29, 0.717) is 11.8 Å². The fraction of sp³-hybridized carbons (Fsp3) is 0.156. The first-order valence-electron chi connectivity index (χ1n) is 18.1. The van der Waals surface area contributed by atoms with Crippen LogP contribution in [-0.4, -0.2) is 14.5 Å². The Bertz CT molecular complexity index is 2420. The van der Waals surface area contributed by atoms with E-state index in [1.165, 1.54) is 28.6 Å². The van der Waals surface area contributed by atoms with Crippen LogP contribution >= 0.6 is 0 Å². The number of hydrogen-bond acceptors (Lipinski definition) is 3. The molecule has 0 aliphatic carbocycles. The van der Waals surface area contributed by atoms with Crippen LogP contribution in [-0.2, 0) is 20.1 Å². The average molecular weight is 833 g/mol. The molecule has 0 saturated carbocycles. The van der Waals surface area contributed by atoms with Crippen LogP contribution in [0.15, 0.2) is 138 Å². The zero-order valence-corrected chi connectivity index (χ0v) is 30.8. The minimum atomic E-state index is -2.09. The summed E-state index contributed by atoms with van der Waals surface area (Å²) in [5.41, 5.74) is 11.7. The predicted octanol–water partition coefficient (Wildman–Crippen LogP) is 12.0. The molecule has 0 amide bonds. The molecule has 0 saturated heterocycles. The minimum Gasteiger partial charge on any atom is -0.557 e. The largest absolute Gasteiger partial charge is 0.557 e. The summed E-state index contributed by atoms with van der Waals surface area (Å²) in [6.45, 7) is 6.94. The number of benzene rings is 5. The van der Waals surface area contributed by atoms with Crippen LogP contribution < -0.4 is 0 Å². The number of aromatic nitrogens is 3. The van der Waals surface area contributed by atoms with Gasteiger partial charge in [-0.05, 0) is 64.3 Å². The first-order valence-corrected chi connectivity index (χ1v) is 16.6. The molecule has 5 heteroatoms. The molecular weight excluding hydrogens is 791 g/mol. The van der Waals surface area contributed by atoms with E-state index in [4.69, 9.17) is 13.5 Å². The summed E-state index contributed by atoms with van der Waals surface area (Å²) in [6, 6.07) is 45.6. The van der Waals surface area contributed by atoms with Crippen LogP contribution in [0.1, 0.15) is 60.3 Å². The number of imidazole rings is 1. The van der Waals surface area contributed by atoms with Crippen molar-refractivity contribution in [2.75, 3.05) is 0 Å². The van der Waals surface area contributed by atoms with Gasteiger partial charge in [-0.1, -0.05) is 130 Å². The second-order valence-electron chi connectivity index (χ2n) is 12.7. The number of furan rings is 1. The first kappa shape index (κ1) is 30.9. The van der Waals surface area contributed by atoms with Crippen molar-refractivity contribution >= 4 is 22.0 Å². The van der Waals surface area contributed by atoms with Crippen LogP contribution in [0, 0.1) is 19.2 Å². The van der Waals surface area contributed by atoms with Gasteiger partial charge in [-0.3, -0.25) is 4.98 Å². The average Bonchev–Trinajstić information content (AvgIpc) is 3.76. The summed E-state index contributed by atoms with van der Waals surface area (Å²) in [4.78, 5) is 9.28. The Morgan fingerprint density at radius 1 is 0.740 bits per heavy atom. The van der Waals surface area contributed by atoms with Gasteiger partial charge in [0, 0.05) is 47.9 Å². The van der Waals surface area contributed by atoms with E-state index in [0.717, 1.165) is 50.2 Å². The van der Waals surface area contributed by atoms with Gasteiger partial charge in [-0.15, -0.1) is 35.9 Å². The summed E-state index contributed by atoms with van der Waals surface area (Å²) in [5.74, 6) is 1.58. The summed E-state index contributed by atoms with van der Waals surface area (Å²) < 4.78 is 30.0. The van der Waals surface area contributed by atoms with Crippen molar-refractivity contribution in [3.8, 4) is 39.5 Å².